The van der Waals surface area contributed by atoms with Crippen molar-refractivity contribution in [3.05, 3.63) is 75.8 Å². The van der Waals surface area contributed by atoms with Crippen molar-refractivity contribution < 1.29 is 4.39 Å². The average molecular weight is 377 g/mol. The van der Waals surface area contributed by atoms with E-state index < -0.39 is 0 Å². The van der Waals surface area contributed by atoms with Gasteiger partial charge in [-0.1, -0.05) is 35.3 Å². The van der Waals surface area contributed by atoms with Crippen LogP contribution in [0.1, 0.15) is 11.4 Å². The van der Waals surface area contributed by atoms with Crippen LogP contribution in [-0.4, -0.2) is 9.97 Å². The van der Waals surface area contributed by atoms with Crippen LogP contribution >= 0.6 is 23.2 Å². The second-order valence-electron chi connectivity index (χ2n) is 5.41. The monoisotopic (exact) mass is 376 g/mol. The van der Waals surface area contributed by atoms with Crippen LogP contribution in [0.25, 0.3) is 0 Å². The molecule has 1 aromatic heterocycles. The molecule has 2 aromatic carbocycles. The highest BCUT2D eigenvalue weighted by Crippen LogP contribution is 2.28. The van der Waals surface area contributed by atoms with E-state index in [0.717, 1.165) is 5.56 Å². The summed E-state index contributed by atoms with van der Waals surface area (Å²) in [5.74, 6) is 1.62. The summed E-state index contributed by atoms with van der Waals surface area (Å²) in [6.45, 7) is 2.33. The predicted molar refractivity (Wildman–Crippen MR) is 100 cm³/mol. The number of benzene rings is 2. The summed E-state index contributed by atoms with van der Waals surface area (Å²) >= 11 is 12.1. The first-order valence-electron chi connectivity index (χ1n) is 7.56. The third-order valence-electron chi connectivity index (χ3n) is 3.42. The van der Waals surface area contributed by atoms with Crippen molar-refractivity contribution >= 4 is 40.5 Å². The van der Waals surface area contributed by atoms with Crippen LogP contribution in [0.2, 0.25) is 10.0 Å². The number of aryl methyl sites for hydroxylation is 1. The lowest BCUT2D eigenvalue weighted by molar-refractivity contribution is 0.627. The zero-order chi connectivity index (χ0) is 17.8. The van der Waals surface area contributed by atoms with Crippen LogP contribution in [0.5, 0.6) is 0 Å². The summed E-state index contributed by atoms with van der Waals surface area (Å²) in [6.07, 6.45) is 0. The van der Waals surface area contributed by atoms with Gasteiger partial charge in [0.15, 0.2) is 0 Å². The Hall–Kier alpha value is -2.37. The van der Waals surface area contributed by atoms with E-state index in [9.17, 15) is 4.39 Å². The molecule has 3 rings (SSSR count). The Morgan fingerprint density at radius 2 is 1.68 bits per heavy atom. The molecule has 3 aromatic rings. The third-order valence-corrected chi connectivity index (χ3v) is 3.97. The fraction of sp³-hybridized carbons (Fsp3) is 0.111. The molecule has 0 spiro atoms. The van der Waals surface area contributed by atoms with Gasteiger partial charge in [0.25, 0.3) is 0 Å². The van der Waals surface area contributed by atoms with E-state index >= 15 is 0 Å². The number of hydrogen-bond donors (Lipinski definition) is 2. The first-order chi connectivity index (χ1) is 12.0. The van der Waals surface area contributed by atoms with Gasteiger partial charge in [-0.25, -0.2) is 14.4 Å². The Bertz CT molecular complexity index is 885. The summed E-state index contributed by atoms with van der Waals surface area (Å²) in [5.41, 5.74) is 1.65. The molecule has 4 nitrogen and oxygen atoms in total. The van der Waals surface area contributed by atoms with E-state index in [2.05, 4.69) is 20.6 Å². The number of nitrogens with zero attached hydrogens (tertiary/aromatic N) is 2. The molecular weight excluding hydrogens is 362 g/mol. The van der Waals surface area contributed by atoms with E-state index in [1.165, 1.54) is 12.1 Å². The molecule has 1 heterocycles. The molecule has 0 aliphatic rings. The van der Waals surface area contributed by atoms with Gasteiger partial charge in [0.2, 0.25) is 0 Å². The molecule has 0 bridgehead atoms. The maximum absolute atomic E-state index is 13.0. The van der Waals surface area contributed by atoms with Crippen LogP contribution in [-0.2, 0) is 6.54 Å². The largest absolute Gasteiger partial charge is 0.366 e. The fourth-order valence-electron chi connectivity index (χ4n) is 2.25. The third kappa shape index (κ3) is 4.81. The minimum atomic E-state index is -0.257. The van der Waals surface area contributed by atoms with Crippen molar-refractivity contribution in [2.45, 2.75) is 13.5 Å². The van der Waals surface area contributed by atoms with Gasteiger partial charge in [-0.15, -0.1) is 0 Å². The van der Waals surface area contributed by atoms with Gasteiger partial charge >= 0.3 is 0 Å². The van der Waals surface area contributed by atoms with E-state index in [1.54, 1.807) is 43.3 Å². The predicted octanol–water partition coefficient (Wildman–Crippen LogP) is 5.59. The highest BCUT2D eigenvalue weighted by atomic mass is 35.5. The average Bonchev–Trinajstić information content (AvgIpc) is 2.56. The smallest absolute Gasteiger partial charge is 0.136 e. The minimum absolute atomic E-state index is 0.257. The molecule has 0 amide bonds. The molecule has 0 saturated heterocycles. The molecule has 0 fully saturated rings. The Morgan fingerprint density at radius 1 is 0.960 bits per heavy atom. The Labute approximate surface area is 155 Å². The molecule has 25 heavy (non-hydrogen) atoms. The lowest BCUT2D eigenvalue weighted by atomic mass is 10.2. The summed E-state index contributed by atoms with van der Waals surface area (Å²) in [7, 11) is 0. The van der Waals surface area contributed by atoms with E-state index in [0.29, 0.717) is 39.7 Å². The quantitative estimate of drug-likeness (QED) is 0.609. The molecular formula is C18H15Cl2FN4. The number of aromatic nitrogens is 2. The second kappa shape index (κ2) is 7.68. The standard InChI is InChI=1S/C18H15Cl2FN4/c1-11-23-17(22-10-12-2-5-14(21)6-3-12)9-18(24-11)25-16-7-4-13(19)8-15(16)20/h2-9H,10H2,1H3,(H2,22,23,24,25). The maximum Gasteiger partial charge on any atom is 0.136 e. The van der Waals surface area contributed by atoms with Gasteiger partial charge < -0.3 is 10.6 Å². The van der Waals surface area contributed by atoms with Crippen molar-refractivity contribution in [3.8, 4) is 0 Å². The lowest BCUT2D eigenvalue weighted by Crippen LogP contribution is -2.05. The SMILES string of the molecule is Cc1nc(NCc2ccc(F)cc2)cc(Nc2ccc(Cl)cc2Cl)n1. The fourth-order valence-corrected chi connectivity index (χ4v) is 2.70. The van der Waals surface area contributed by atoms with Gasteiger partial charge in [0.1, 0.15) is 23.3 Å². The molecule has 7 heteroatoms. The first-order valence-corrected chi connectivity index (χ1v) is 8.31. The van der Waals surface area contributed by atoms with Gasteiger partial charge in [-0.05, 0) is 42.8 Å². The topological polar surface area (TPSA) is 49.8 Å². The summed E-state index contributed by atoms with van der Waals surface area (Å²) < 4.78 is 13.0. The van der Waals surface area contributed by atoms with E-state index in [-0.39, 0.29) is 5.82 Å². The molecule has 128 valence electrons. The van der Waals surface area contributed by atoms with Crippen LogP contribution in [0.15, 0.2) is 48.5 Å². The second-order valence-corrected chi connectivity index (χ2v) is 6.26. The number of nitrogens with one attached hydrogen (secondary N) is 2. The van der Waals surface area contributed by atoms with Crippen molar-refractivity contribution in [1.82, 2.24) is 9.97 Å². The highest BCUT2D eigenvalue weighted by molar-refractivity contribution is 6.36. The van der Waals surface area contributed by atoms with E-state index in [1.807, 2.05) is 0 Å². The zero-order valence-electron chi connectivity index (χ0n) is 13.4. The zero-order valence-corrected chi connectivity index (χ0v) is 14.9. The van der Waals surface area contributed by atoms with E-state index in [4.69, 9.17) is 23.2 Å². The van der Waals surface area contributed by atoms with Gasteiger partial charge in [0, 0.05) is 17.6 Å². The highest BCUT2D eigenvalue weighted by Gasteiger charge is 2.06. The van der Waals surface area contributed by atoms with Crippen molar-refractivity contribution in [1.29, 1.82) is 0 Å². The molecule has 0 unspecified atom stereocenters. The summed E-state index contributed by atoms with van der Waals surface area (Å²) in [4.78, 5) is 8.71. The minimum Gasteiger partial charge on any atom is -0.366 e. The maximum atomic E-state index is 13.0. The van der Waals surface area contributed by atoms with Crippen LogP contribution in [0.3, 0.4) is 0 Å². The van der Waals surface area contributed by atoms with Crippen molar-refractivity contribution in [3.63, 3.8) is 0 Å². The molecule has 0 saturated carbocycles. The number of rotatable bonds is 5. The van der Waals surface area contributed by atoms with Gasteiger partial charge in [-0.2, -0.15) is 0 Å². The first kappa shape index (κ1) is 17.5. The van der Waals surface area contributed by atoms with Crippen LogP contribution < -0.4 is 10.6 Å². The van der Waals surface area contributed by atoms with Crippen molar-refractivity contribution in [2.24, 2.45) is 0 Å². The number of anilines is 3. The molecule has 0 atom stereocenters. The number of hydrogen-bond acceptors (Lipinski definition) is 4. The van der Waals surface area contributed by atoms with Gasteiger partial charge in [-0.3, -0.25) is 0 Å². The molecule has 0 radical (unpaired) electrons. The summed E-state index contributed by atoms with van der Waals surface area (Å²) in [5, 5.41) is 7.43. The van der Waals surface area contributed by atoms with Crippen molar-refractivity contribution in [2.75, 3.05) is 10.6 Å². The number of halogens is 3. The Balaban J connectivity index is 1.74. The van der Waals surface area contributed by atoms with Crippen LogP contribution in [0.4, 0.5) is 21.7 Å². The van der Waals surface area contributed by atoms with Crippen LogP contribution in [0, 0.1) is 12.7 Å². The Morgan fingerprint density at radius 3 is 2.40 bits per heavy atom. The van der Waals surface area contributed by atoms with Gasteiger partial charge in [0.05, 0.1) is 10.7 Å². The Kier molecular flexibility index (Phi) is 5.36. The lowest BCUT2D eigenvalue weighted by Gasteiger charge is -2.11. The molecule has 0 aliphatic carbocycles. The normalized spacial score (nSPS) is 10.6. The summed E-state index contributed by atoms with van der Waals surface area (Å²) in [6, 6.07) is 13.3. The molecule has 2 N–H and O–H groups in total. The molecule has 0 aliphatic heterocycles.